The van der Waals surface area contributed by atoms with Crippen LogP contribution in [-0.2, 0) is 11.2 Å². The van der Waals surface area contributed by atoms with Crippen LogP contribution in [-0.4, -0.2) is 5.12 Å². The van der Waals surface area contributed by atoms with Crippen molar-refractivity contribution in [3.8, 4) is 0 Å². The van der Waals surface area contributed by atoms with Crippen LogP contribution in [0.15, 0.2) is 54.6 Å². The summed E-state index contributed by atoms with van der Waals surface area (Å²) in [6.45, 7) is 3.73. The van der Waals surface area contributed by atoms with Crippen molar-refractivity contribution in [3.63, 3.8) is 0 Å². The molecule has 1 nitrogen and oxygen atoms in total. The lowest BCUT2D eigenvalue weighted by atomic mass is 9.99. The molecule has 0 aromatic heterocycles. The minimum absolute atomic E-state index is 0.243. The highest BCUT2D eigenvalue weighted by Crippen LogP contribution is 2.21. The van der Waals surface area contributed by atoms with E-state index in [0.29, 0.717) is 12.0 Å². The fraction of sp³-hybridized carbons (Fsp3) is 0.0714. The molecule has 0 saturated heterocycles. The number of thiol groups is 1. The van der Waals surface area contributed by atoms with Crippen molar-refractivity contribution >= 4 is 28.5 Å². The van der Waals surface area contributed by atoms with Gasteiger partial charge in [-0.1, -0.05) is 49.0 Å². The van der Waals surface area contributed by atoms with Gasteiger partial charge in [0.25, 0.3) is 0 Å². The first-order valence-electron chi connectivity index (χ1n) is 5.06. The lowest BCUT2D eigenvalue weighted by Crippen LogP contribution is -1.97. The molecule has 80 valence electrons. The Labute approximate surface area is 100 Å². The first-order chi connectivity index (χ1) is 7.68. The Hall–Kier alpha value is -1.54. The molecule has 0 fully saturated rings. The van der Waals surface area contributed by atoms with Crippen LogP contribution in [0.25, 0.3) is 10.8 Å². The minimum Gasteiger partial charge on any atom is -0.282 e. The number of hydrogen-bond donors (Lipinski definition) is 1. The summed E-state index contributed by atoms with van der Waals surface area (Å²) < 4.78 is 0. The Balaban J connectivity index is 2.45. The number of hydrogen-bond acceptors (Lipinski definition) is 1. The van der Waals surface area contributed by atoms with Gasteiger partial charge in [0.05, 0.1) is 0 Å². The minimum atomic E-state index is -0.243. The molecule has 0 aliphatic rings. The van der Waals surface area contributed by atoms with Gasteiger partial charge < -0.3 is 0 Å². The van der Waals surface area contributed by atoms with Gasteiger partial charge in [-0.2, -0.15) is 0 Å². The zero-order valence-corrected chi connectivity index (χ0v) is 9.71. The molecule has 0 aliphatic heterocycles. The molecule has 0 radical (unpaired) electrons. The molecule has 0 spiro atoms. The number of carbonyl (C=O) groups excluding carboxylic acids is 1. The van der Waals surface area contributed by atoms with Crippen LogP contribution in [0.4, 0.5) is 0 Å². The standard InChI is InChI=1S/C14H12OS/c1-10(14(15)16)9-12-7-4-6-11-5-2-3-8-13(11)12/h2-8H,1,9H2,(H,15,16). The smallest absolute Gasteiger partial charge is 0.212 e. The second kappa shape index (κ2) is 4.54. The molecule has 0 unspecified atom stereocenters. The maximum absolute atomic E-state index is 11.0. The van der Waals surface area contributed by atoms with Crippen molar-refractivity contribution in [1.82, 2.24) is 0 Å². The molecule has 0 bridgehead atoms. The van der Waals surface area contributed by atoms with Gasteiger partial charge in [-0.15, -0.1) is 12.6 Å². The number of carbonyl (C=O) groups is 1. The predicted molar refractivity (Wildman–Crippen MR) is 70.8 cm³/mol. The van der Waals surface area contributed by atoms with Crippen LogP contribution in [0.3, 0.4) is 0 Å². The largest absolute Gasteiger partial charge is 0.282 e. The SMILES string of the molecule is C=C(Cc1cccc2ccccc12)C(=O)S. The van der Waals surface area contributed by atoms with Gasteiger partial charge in [0.15, 0.2) is 0 Å². The van der Waals surface area contributed by atoms with Crippen LogP contribution in [0.5, 0.6) is 0 Å². The van der Waals surface area contributed by atoms with Crippen molar-refractivity contribution in [3.05, 3.63) is 60.2 Å². The highest BCUT2D eigenvalue weighted by Gasteiger charge is 2.05. The van der Waals surface area contributed by atoms with Gasteiger partial charge in [-0.3, -0.25) is 4.79 Å². The van der Waals surface area contributed by atoms with Crippen LogP contribution >= 0.6 is 12.6 Å². The van der Waals surface area contributed by atoms with Gasteiger partial charge in [0.1, 0.15) is 0 Å². The zero-order valence-electron chi connectivity index (χ0n) is 8.81. The summed E-state index contributed by atoms with van der Waals surface area (Å²) in [4.78, 5) is 11.0. The quantitative estimate of drug-likeness (QED) is 0.629. The Morgan fingerprint density at radius 3 is 2.56 bits per heavy atom. The second-order valence-corrected chi connectivity index (χ2v) is 4.13. The molecule has 0 heterocycles. The highest BCUT2D eigenvalue weighted by molar-refractivity contribution is 7.97. The third kappa shape index (κ3) is 2.17. The Kier molecular flexibility index (Phi) is 3.11. The molecule has 0 saturated carbocycles. The lowest BCUT2D eigenvalue weighted by Gasteiger charge is -2.06. The van der Waals surface area contributed by atoms with Crippen LogP contribution < -0.4 is 0 Å². The summed E-state index contributed by atoms with van der Waals surface area (Å²) in [6, 6.07) is 14.2. The van der Waals surface area contributed by atoms with Crippen LogP contribution in [0, 0.1) is 0 Å². The Morgan fingerprint density at radius 2 is 1.81 bits per heavy atom. The van der Waals surface area contributed by atoms with Crippen LogP contribution in [0.1, 0.15) is 5.56 Å². The predicted octanol–water partition coefficient (Wildman–Crippen LogP) is 3.39. The van der Waals surface area contributed by atoms with Gasteiger partial charge >= 0.3 is 0 Å². The first-order valence-corrected chi connectivity index (χ1v) is 5.51. The molecule has 2 rings (SSSR count). The van der Waals surface area contributed by atoms with Gasteiger partial charge in [-0.05, 0) is 16.3 Å². The molecule has 0 aliphatic carbocycles. The van der Waals surface area contributed by atoms with E-state index in [1.165, 1.54) is 10.8 Å². The van der Waals surface area contributed by atoms with E-state index in [-0.39, 0.29) is 5.12 Å². The lowest BCUT2D eigenvalue weighted by molar-refractivity contribution is -0.107. The molecule has 0 amide bonds. The first kappa shape index (κ1) is 11.0. The second-order valence-electron chi connectivity index (χ2n) is 3.72. The van der Waals surface area contributed by atoms with E-state index in [0.717, 1.165) is 5.56 Å². The van der Waals surface area contributed by atoms with Gasteiger partial charge in [-0.25, -0.2) is 0 Å². The molecule has 16 heavy (non-hydrogen) atoms. The summed E-state index contributed by atoms with van der Waals surface area (Å²) in [5, 5.41) is 2.10. The van der Waals surface area contributed by atoms with Crippen molar-refractivity contribution < 1.29 is 4.79 Å². The Morgan fingerprint density at radius 1 is 1.12 bits per heavy atom. The van der Waals surface area contributed by atoms with E-state index in [9.17, 15) is 4.79 Å². The van der Waals surface area contributed by atoms with Crippen molar-refractivity contribution in [2.45, 2.75) is 6.42 Å². The fourth-order valence-electron chi connectivity index (χ4n) is 1.75. The molecule has 0 N–H and O–H groups in total. The molecule has 0 atom stereocenters. The van der Waals surface area contributed by atoms with Gasteiger partial charge in [0, 0.05) is 12.0 Å². The molecular formula is C14H12OS. The molecule has 2 heteroatoms. The molecule has 2 aromatic carbocycles. The highest BCUT2D eigenvalue weighted by atomic mass is 32.1. The van der Waals surface area contributed by atoms with Crippen molar-refractivity contribution in [2.75, 3.05) is 0 Å². The topological polar surface area (TPSA) is 17.1 Å². The number of fused-ring (bicyclic) bond motifs is 1. The van der Waals surface area contributed by atoms with E-state index in [1.54, 1.807) is 0 Å². The molecular weight excluding hydrogens is 216 g/mol. The third-order valence-electron chi connectivity index (χ3n) is 2.59. The maximum Gasteiger partial charge on any atom is 0.212 e. The van der Waals surface area contributed by atoms with E-state index in [4.69, 9.17) is 0 Å². The summed E-state index contributed by atoms with van der Waals surface area (Å²) in [7, 11) is 0. The monoisotopic (exact) mass is 228 g/mol. The van der Waals surface area contributed by atoms with Crippen molar-refractivity contribution in [2.24, 2.45) is 0 Å². The average molecular weight is 228 g/mol. The molecule has 2 aromatic rings. The summed E-state index contributed by atoms with van der Waals surface area (Å²) in [5.41, 5.74) is 1.64. The van der Waals surface area contributed by atoms with E-state index >= 15 is 0 Å². The average Bonchev–Trinajstić information content (AvgIpc) is 2.29. The maximum atomic E-state index is 11.0. The summed E-state index contributed by atoms with van der Waals surface area (Å²) in [6.07, 6.45) is 0.559. The van der Waals surface area contributed by atoms with Crippen LogP contribution in [0.2, 0.25) is 0 Å². The number of rotatable bonds is 3. The van der Waals surface area contributed by atoms with E-state index in [1.807, 2.05) is 24.3 Å². The van der Waals surface area contributed by atoms with Crippen molar-refractivity contribution in [1.29, 1.82) is 0 Å². The van der Waals surface area contributed by atoms with E-state index in [2.05, 4.69) is 37.4 Å². The number of benzene rings is 2. The summed E-state index contributed by atoms with van der Waals surface area (Å²) in [5.74, 6) is 0. The normalized spacial score (nSPS) is 10.3. The van der Waals surface area contributed by atoms with E-state index < -0.39 is 0 Å². The third-order valence-corrected chi connectivity index (χ3v) is 2.90. The summed E-state index contributed by atoms with van der Waals surface area (Å²) >= 11 is 3.78. The zero-order chi connectivity index (χ0) is 11.5. The van der Waals surface area contributed by atoms with Gasteiger partial charge in [0.2, 0.25) is 5.12 Å². The Bertz CT molecular complexity index is 552. The fourth-order valence-corrected chi connectivity index (χ4v) is 1.83.